The Balaban J connectivity index is 2.23. The Morgan fingerprint density at radius 2 is 2.24 bits per heavy atom. The van der Waals surface area contributed by atoms with Crippen LogP contribution in [0.4, 0.5) is 14.6 Å². The van der Waals surface area contributed by atoms with Gasteiger partial charge in [0, 0.05) is 6.20 Å². The first-order valence-corrected chi connectivity index (χ1v) is 7.25. The molecule has 12 heteroatoms. The lowest BCUT2D eigenvalue weighted by molar-refractivity contribution is -0.141. The van der Waals surface area contributed by atoms with Crippen LogP contribution in [0.5, 0.6) is 0 Å². The van der Waals surface area contributed by atoms with Crippen LogP contribution in [0.1, 0.15) is 13.2 Å². The van der Waals surface area contributed by atoms with Crippen molar-refractivity contribution >= 4 is 11.7 Å². The fraction of sp³-hybridized carbons (Fsp3) is 0.615. The average Bonchev–Trinajstić information content (AvgIpc) is 2.77. The number of carbonyl (C=O) groups is 1. The minimum Gasteiger partial charge on any atom is -0.394 e. The molecule has 0 aliphatic carbocycles. The van der Waals surface area contributed by atoms with E-state index in [4.69, 9.17) is 15.6 Å². The highest BCUT2D eigenvalue weighted by atomic mass is 19.3. The van der Waals surface area contributed by atoms with Gasteiger partial charge in [-0.2, -0.15) is 13.8 Å². The van der Waals surface area contributed by atoms with Gasteiger partial charge < -0.3 is 31.1 Å². The summed E-state index contributed by atoms with van der Waals surface area (Å²) in [5.41, 5.74) is 4.23. The number of rotatable bonds is 5. The third-order valence-corrected chi connectivity index (χ3v) is 3.72. The van der Waals surface area contributed by atoms with E-state index in [0.29, 0.717) is 4.57 Å². The molecule has 5 atom stereocenters. The smallest absolute Gasteiger partial charge is 0.351 e. The topological polar surface area (TPSA) is 160 Å². The maximum atomic E-state index is 14.0. The molecular weight excluding hydrogens is 346 g/mol. The molecule has 1 aliphatic heterocycles. The maximum Gasteiger partial charge on any atom is 0.351 e. The van der Waals surface area contributed by atoms with Gasteiger partial charge in [-0.05, 0) is 13.0 Å². The largest absolute Gasteiger partial charge is 0.394 e. The van der Waals surface area contributed by atoms with Crippen molar-refractivity contribution in [2.75, 3.05) is 11.9 Å². The number of nitrogens with two attached hydrogens (primary N) is 1. The van der Waals surface area contributed by atoms with Gasteiger partial charge in [0.25, 0.3) is 0 Å². The highest BCUT2D eigenvalue weighted by Crippen LogP contribution is 2.41. The van der Waals surface area contributed by atoms with Crippen molar-refractivity contribution in [2.45, 2.75) is 43.4 Å². The van der Waals surface area contributed by atoms with Crippen LogP contribution in [-0.4, -0.2) is 67.7 Å². The quantitative estimate of drug-likeness (QED) is 0.393. The van der Waals surface area contributed by atoms with Crippen molar-refractivity contribution in [1.29, 1.82) is 0 Å². The Morgan fingerprint density at radius 1 is 1.60 bits per heavy atom. The lowest BCUT2D eigenvalue weighted by Crippen LogP contribution is -2.44. The molecule has 0 saturated carbocycles. The van der Waals surface area contributed by atoms with Crippen LogP contribution in [0.2, 0.25) is 0 Å². The van der Waals surface area contributed by atoms with Gasteiger partial charge >= 0.3 is 11.6 Å². The van der Waals surface area contributed by atoms with E-state index in [-0.39, 0.29) is 5.82 Å². The van der Waals surface area contributed by atoms with E-state index in [9.17, 15) is 28.6 Å². The van der Waals surface area contributed by atoms with Crippen molar-refractivity contribution < 1.29 is 33.6 Å². The first-order chi connectivity index (χ1) is 11.6. The second kappa shape index (κ2) is 7.09. The number of halogens is 2. The van der Waals surface area contributed by atoms with E-state index in [0.717, 1.165) is 12.3 Å². The number of alkyl halides is 2. The third-order valence-electron chi connectivity index (χ3n) is 3.72. The number of carbonyl (C=O) groups excluding carboxylic acids is 1. The molecule has 1 fully saturated rings. The number of hydrogen-bond acceptors (Lipinski definition) is 8. The molecule has 6 N–H and O–H groups in total. The SMILES string of the molecule is C[C@H](O)[C@@H](N)C(=O)Nc1ccn([C@@H]2O[C@H](CO)[C@@H](O)C2(F)F)c(=O)n1. The molecule has 0 aromatic carbocycles. The average molecular weight is 364 g/mol. The molecule has 1 aromatic rings. The number of ether oxygens (including phenoxy) is 1. The Labute approximate surface area is 139 Å². The Morgan fingerprint density at radius 3 is 2.72 bits per heavy atom. The second-order valence-corrected chi connectivity index (χ2v) is 5.59. The summed E-state index contributed by atoms with van der Waals surface area (Å²) >= 11 is 0. The number of aliphatic hydroxyl groups is 3. The molecule has 10 nitrogen and oxygen atoms in total. The van der Waals surface area contributed by atoms with Crippen molar-refractivity contribution in [1.82, 2.24) is 9.55 Å². The van der Waals surface area contributed by atoms with E-state index in [2.05, 4.69) is 10.3 Å². The normalized spacial score (nSPS) is 27.7. The highest BCUT2D eigenvalue weighted by Gasteiger charge is 2.59. The van der Waals surface area contributed by atoms with Crippen molar-refractivity contribution in [3.8, 4) is 0 Å². The summed E-state index contributed by atoms with van der Waals surface area (Å²) in [6, 6.07) is -0.223. The van der Waals surface area contributed by atoms with Crippen LogP contribution in [0.25, 0.3) is 0 Å². The van der Waals surface area contributed by atoms with E-state index >= 15 is 0 Å². The van der Waals surface area contributed by atoms with Gasteiger partial charge in [0.1, 0.15) is 18.0 Å². The van der Waals surface area contributed by atoms with Crippen molar-refractivity contribution in [3.05, 3.63) is 22.7 Å². The molecule has 2 rings (SSSR count). The molecule has 25 heavy (non-hydrogen) atoms. The Hall–Kier alpha value is -1.99. The fourth-order valence-corrected chi connectivity index (χ4v) is 2.21. The predicted octanol–water partition coefficient (Wildman–Crippen LogP) is -2.22. The fourth-order valence-electron chi connectivity index (χ4n) is 2.21. The molecule has 0 bridgehead atoms. The summed E-state index contributed by atoms with van der Waals surface area (Å²) in [5.74, 6) is -4.92. The summed E-state index contributed by atoms with van der Waals surface area (Å²) in [5, 5.41) is 29.8. The van der Waals surface area contributed by atoms with Gasteiger partial charge in [0.15, 0.2) is 6.10 Å². The molecular formula is C13H18F2N4O6. The summed E-state index contributed by atoms with van der Waals surface area (Å²) in [6.45, 7) is 0.429. The standard InChI is InChI=1S/C13H18F2N4O6/c1-5(21)8(16)10(23)17-7-2-3-19(12(24)18-7)11-13(14,15)9(22)6(4-20)25-11/h2-3,5-6,8-9,11,20-22H,4,16H2,1H3,(H,17,18,23,24)/t5-,6+,8+,9+,11+/m0/s1. The van der Waals surface area contributed by atoms with Crippen LogP contribution < -0.4 is 16.7 Å². The molecule has 140 valence electrons. The second-order valence-electron chi connectivity index (χ2n) is 5.59. The zero-order valence-electron chi connectivity index (χ0n) is 13.0. The van der Waals surface area contributed by atoms with Crippen LogP contribution in [0.15, 0.2) is 17.1 Å². The lowest BCUT2D eigenvalue weighted by atomic mass is 10.1. The predicted molar refractivity (Wildman–Crippen MR) is 78.7 cm³/mol. The molecule has 1 aliphatic rings. The van der Waals surface area contributed by atoms with Gasteiger partial charge in [-0.1, -0.05) is 0 Å². The van der Waals surface area contributed by atoms with Gasteiger partial charge in [0.05, 0.1) is 12.7 Å². The van der Waals surface area contributed by atoms with Gasteiger partial charge in [0.2, 0.25) is 12.1 Å². The van der Waals surface area contributed by atoms with Gasteiger partial charge in [-0.3, -0.25) is 9.36 Å². The number of hydrogen-bond donors (Lipinski definition) is 5. The van der Waals surface area contributed by atoms with Gasteiger partial charge in [-0.25, -0.2) is 4.79 Å². The molecule has 1 aromatic heterocycles. The van der Waals surface area contributed by atoms with Crippen LogP contribution in [0, 0.1) is 0 Å². The summed E-state index contributed by atoms with van der Waals surface area (Å²) in [6.07, 6.45) is -6.27. The third kappa shape index (κ3) is 3.67. The van der Waals surface area contributed by atoms with Crippen molar-refractivity contribution in [2.24, 2.45) is 5.73 Å². The van der Waals surface area contributed by atoms with E-state index in [1.807, 2.05) is 0 Å². The first kappa shape index (κ1) is 19.3. The number of amides is 1. The van der Waals surface area contributed by atoms with Crippen LogP contribution >= 0.6 is 0 Å². The van der Waals surface area contributed by atoms with Gasteiger partial charge in [-0.15, -0.1) is 0 Å². The molecule has 2 heterocycles. The number of anilines is 1. The van der Waals surface area contributed by atoms with Crippen molar-refractivity contribution in [3.63, 3.8) is 0 Å². The Bertz CT molecular complexity index is 697. The number of aromatic nitrogens is 2. The minimum atomic E-state index is -3.83. The van der Waals surface area contributed by atoms with Crippen LogP contribution in [-0.2, 0) is 9.53 Å². The summed E-state index contributed by atoms with van der Waals surface area (Å²) in [7, 11) is 0. The van der Waals surface area contributed by atoms with E-state index < -0.39 is 54.7 Å². The first-order valence-electron chi connectivity index (χ1n) is 7.25. The molecule has 1 amide bonds. The van der Waals surface area contributed by atoms with Crippen LogP contribution in [0.3, 0.4) is 0 Å². The number of aliphatic hydroxyl groups excluding tert-OH is 3. The molecule has 0 unspecified atom stereocenters. The number of nitrogens with one attached hydrogen (secondary N) is 1. The summed E-state index contributed by atoms with van der Waals surface area (Å²) in [4.78, 5) is 27.1. The molecule has 0 spiro atoms. The number of nitrogens with zero attached hydrogens (tertiary/aromatic N) is 2. The molecule has 0 radical (unpaired) electrons. The lowest BCUT2D eigenvalue weighted by Gasteiger charge is -2.21. The van der Waals surface area contributed by atoms with E-state index in [1.54, 1.807) is 0 Å². The zero-order valence-corrected chi connectivity index (χ0v) is 13.0. The monoisotopic (exact) mass is 364 g/mol. The molecule has 1 saturated heterocycles. The zero-order chi connectivity index (χ0) is 18.9. The summed E-state index contributed by atoms with van der Waals surface area (Å²) < 4.78 is 33.3. The maximum absolute atomic E-state index is 14.0. The van der Waals surface area contributed by atoms with E-state index in [1.165, 1.54) is 6.92 Å². The minimum absolute atomic E-state index is 0.261. The Kier molecular flexibility index (Phi) is 5.49. The highest BCUT2D eigenvalue weighted by molar-refractivity contribution is 5.94.